The summed E-state index contributed by atoms with van der Waals surface area (Å²) in [7, 11) is 0. The Bertz CT molecular complexity index is 363. The van der Waals surface area contributed by atoms with Crippen LogP contribution in [0.3, 0.4) is 0 Å². The van der Waals surface area contributed by atoms with E-state index in [2.05, 4.69) is 22.9 Å². The number of hydrogen-bond donors (Lipinski definition) is 1. The van der Waals surface area contributed by atoms with Gasteiger partial charge in [0, 0.05) is 0 Å². The van der Waals surface area contributed by atoms with Crippen LogP contribution < -0.4 is 0 Å². The summed E-state index contributed by atoms with van der Waals surface area (Å²) in [5, 5.41) is 10.1. The van der Waals surface area contributed by atoms with Gasteiger partial charge in [-0.1, -0.05) is 26.8 Å². The van der Waals surface area contributed by atoms with Gasteiger partial charge in [-0.3, -0.25) is 0 Å². The smallest absolute Gasteiger partial charge is 0.137 e. The van der Waals surface area contributed by atoms with E-state index in [-0.39, 0.29) is 11.2 Å². The molecule has 16 heavy (non-hydrogen) atoms. The van der Waals surface area contributed by atoms with E-state index in [1.54, 1.807) is 12.1 Å². The summed E-state index contributed by atoms with van der Waals surface area (Å²) in [4.78, 5) is 0. The fourth-order valence-corrected chi connectivity index (χ4v) is 1.83. The minimum atomic E-state index is -0.408. The molecule has 1 unspecified atom stereocenters. The molecule has 1 aromatic carbocycles. The average molecular weight is 289 g/mol. The van der Waals surface area contributed by atoms with Gasteiger partial charge in [-0.2, -0.15) is 0 Å². The Kier molecular flexibility index (Phi) is 4.51. The number of hydrogen-bond acceptors (Lipinski definition) is 1. The minimum Gasteiger partial charge on any atom is -0.392 e. The van der Waals surface area contributed by atoms with Crippen LogP contribution in [0.2, 0.25) is 0 Å². The second kappa shape index (κ2) is 5.28. The quantitative estimate of drug-likeness (QED) is 0.890. The van der Waals surface area contributed by atoms with Crippen molar-refractivity contribution in [2.45, 2.75) is 39.7 Å². The van der Waals surface area contributed by atoms with Gasteiger partial charge in [0.1, 0.15) is 5.82 Å². The normalized spacial score (nSPS) is 13.9. The van der Waals surface area contributed by atoms with Gasteiger partial charge in [0.05, 0.1) is 10.6 Å². The minimum absolute atomic E-state index is 0.110. The highest BCUT2D eigenvalue weighted by Crippen LogP contribution is 2.28. The van der Waals surface area contributed by atoms with E-state index in [4.69, 9.17) is 0 Å². The predicted octanol–water partition coefficient (Wildman–Crippen LogP) is 3.93. The molecule has 0 fully saturated rings. The molecule has 0 amide bonds. The number of rotatable bonds is 4. The lowest BCUT2D eigenvalue weighted by molar-refractivity contribution is 0.0479. The third-order valence-electron chi connectivity index (χ3n) is 3.23. The lowest BCUT2D eigenvalue weighted by Crippen LogP contribution is -2.30. The van der Waals surface area contributed by atoms with Gasteiger partial charge in [-0.05, 0) is 51.9 Å². The average Bonchev–Trinajstić information content (AvgIpc) is 2.23. The third-order valence-corrected chi connectivity index (χ3v) is 3.83. The van der Waals surface area contributed by atoms with Crippen molar-refractivity contribution in [3.8, 4) is 0 Å². The van der Waals surface area contributed by atoms with E-state index in [1.807, 2.05) is 13.8 Å². The summed E-state index contributed by atoms with van der Waals surface area (Å²) >= 11 is 3.15. The Labute approximate surface area is 105 Å². The zero-order chi connectivity index (χ0) is 12.3. The van der Waals surface area contributed by atoms with E-state index < -0.39 is 6.10 Å². The van der Waals surface area contributed by atoms with E-state index in [1.165, 1.54) is 6.07 Å². The lowest BCUT2D eigenvalue weighted by atomic mass is 9.81. The largest absolute Gasteiger partial charge is 0.392 e. The molecule has 1 rings (SSSR count). The first kappa shape index (κ1) is 13.7. The van der Waals surface area contributed by atoms with Crippen LogP contribution in [0.15, 0.2) is 22.7 Å². The summed E-state index contributed by atoms with van der Waals surface area (Å²) in [6.07, 6.45) is 1.06. The molecule has 0 bridgehead atoms. The maximum atomic E-state index is 13.0. The van der Waals surface area contributed by atoms with Crippen molar-refractivity contribution in [2.24, 2.45) is 5.41 Å². The molecular weight excluding hydrogens is 271 g/mol. The number of halogens is 2. The first-order valence-electron chi connectivity index (χ1n) is 5.49. The molecule has 90 valence electrons. The molecule has 1 atom stereocenters. The van der Waals surface area contributed by atoms with Crippen LogP contribution in [-0.2, 0) is 6.42 Å². The van der Waals surface area contributed by atoms with Crippen LogP contribution in [0.4, 0.5) is 4.39 Å². The monoisotopic (exact) mass is 288 g/mol. The molecule has 0 saturated carbocycles. The molecule has 0 aliphatic carbocycles. The summed E-state index contributed by atoms with van der Waals surface area (Å²) in [5.74, 6) is -0.270. The molecule has 1 aromatic rings. The molecule has 3 heteroatoms. The van der Waals surface area contributed by atoms with Crippen molar-refractivity contribution >= 4 is 15.9 Å². The highest BCUT2D eigenvalue weighted by atomic mass is 79.9. The Morgan fingerprint density at radius 2 is 2.06 bits per heavy atom. The lowest BCUT2D eigenvalue weighted by Gasteiger charge is -2.29. The summed E-state index contributed by atoms with van der Waals surface area (Å²) in [5.41, 5.74) is 0.836. The molecule has 0 aliphatic rings. The molecule has 0 aliphatic heterocycles. The van der Waals surface area contributed by atoms with Crippen molar-refractivity contribution in [1.82, 2.24) is 0 Å². The van der Waals surface area contributed by atoms with E-state index in [0.29, 0.717) is 10.9 Å². The fourth-order valence-electron chi connectivity index (χ4n) is 1.40. The second-order valence-corrected chi connectivity index (χ2v) is 5.66. The molecule has 1 N–H and O–H groups in total. The number of aliphatic hydroxyl groups is 1. The number of aliphatic hydroxyl groups excluding tert-OH is 1. The van der Waals surface area contributed by atoms with Crippen LogP contribution in [0, 0.1) is 11.2 Å². The molecule has 0 saturated heterocycles. The molecule has 0 heterocycles. The Morgan fingerprint density at radius 3 is 2.56 bits per heavy atom. The van der Waals surface area contributed by atoms with Crippen LogP contribution in [0.25, 0.3) is 0 Å². The van der Waals surface area contributed by atoms with Crippen molar-refractivity contribution in [2.75, 3.05) is 0 Å². The van der Waals surface area contributed by atoms with Crippen LogP contribution >= 0.6 is 15.9 Å². The summed E-state index contributed by atoms with van der Waals surface area (Å²) in [6, 6.07) is 4.87. The Balaban J connectivity index is 2.77. The second-order valence-electron chi connectivity index (χ2n) is 4.81. The van der Waals surface area contributed by atoms with Crippen molar-refractivity contribution in [3.05, 3.63) is 34.1 Å². The molecule has 0 radical (unpaired) electrons. The van der Waals surface area contributed by atoms with E-state index >= 15 is 0 Å². The molecular formula is C13H18BrFO. The summed E-state index contributed by atoms with van der Waals surface area (Å²) < 4.78 is 13.5. The van der Waals surface area contributed by atoms with Gasteiger partial charge in [-0.25, -0.2) is 4.39 Å². The fraction of sp³-hybridized carbons (Fsp3) is 0.538. The first-order chi connectivity index (χ1) is 7.36. The molecule has 1 nitrogen and oxygen atoms in total. The van der Waals surface area contributed by atoms with Gasteiger partial charge in [0.2, 0.25) is 0 Å². The SMILES string of the molecule is CCC(C)(C)C(O)Cc1ccc(F)c(Br)c1. The first-order valence-corrected chi connectivity index (χ1v) is 6.28. The number of benzene rings is 1. The standard InChI is InChI=1S/C13H18BrFO/c1-4-13(2,3)12(16)8-9-5-6-11(15)10(14)7-9/h5-7,12,16H,4,8H2,1-3H3. The van der Waals surface area contributed by atoms with E-state index in [0.717, 1.165) is 12.0 Å². The van der Waals surface area contributed by atoms with Gasteiger partial charge >= 0.3 is 0 Å². The Hall–Kier alpha value is -0.410. The predicted molar refractivity (Wildman–Crippen MR) is 67.9 cm³/mol. The van der Waals surface area contributed by atoms with Crippen LogP contribution in [0.1, 0.15) is 32.8 Å². The zero-order valence-electron chi connectivity index (χ0n) is 9.93. The van der Waals surface area contributed by atoms with Crippen LogP contribution in [0.5, 0.6) is 0 Å². The van der Waals surface area contributed by atoms with Crippen molar-refractivity contribution < 1.29 is 9.50 Å². The summed E-state index contributed by atoms with van der Waals surface area (Å²) in [6.45, 7) is 6.14. The Morgan fingerprint density at radius 1 is 1.44 bits per heavy atom. The third kappa shape index (κ3) is 3.29. The van der Waals surface area contributed by atoms with Gasteiger partial charge < -0.3 is 5.11 Å². The topological polar surface area (TPSA) is 20.2 Å². The van der Waals surface area contributed by atoms with Crippen molar-refractivity contribution in [1.29, 1.82) is 0 Å². The highest BCUT2D eigenvalue weighted by molar-refractivity contribution is 9.10. The molecule has 0 aromatic heterocycles. The van der Waals surface area contributed by atoms with E-state index in [9.17, 15) is 9.50 Å². The maximum absolute atomic E-state index is 13.0. The highest BCUT2D eigenvalue weighted by Gasteiger charge is 2.25. The molecule has 0 spiro atoms. The van der Waals surface area contributed by atoms with Gasteiger partial charge in [0.25, 0.3) is 0 Å². The van der Waals surface area contributed by atoms with Crippen LogP contribution in [-0.4, -0.2) is 11.2 Å². The van der Waals surface area contributed by atoms with Gasteiger partial charge in [-0.15, -0.1) is 0 Å². The maximum Gasteiger partial charge on any atom is 0.137 e. The van der Waals surface area contributed by atoms with Crippen molar-refractivity contribution in [3.63, 3.8) is 0 Å². The van der Waals surface area contributed by atoms with Gasteiger partial charge in [0.15, 0.2) is 0 Å². The zero-order valence-corrected chi connectivity index (χ0v) is 11.5.